The van der Waals surface area contributed by atoms with Crippen molar-refractivity contribution in [3.63, 3.8) is 0 Å². The first-order valence-electron chi connectivity index (χ1n) is 9.41. The minimum atomic E-state index is -1.05. The number of amides is 1. The average Bonchev–Trinajstić information content (AvgIpc) is 3.05. The summed E-state index contributed by atoms with van der Waals surface area (Å²) in [5, 5.41) is 13.6. The van der Waals surface area contributed by atoms with Crippen molar-refractivity contribution in [1.29, 1.82) is 0 Å². The predicted molar refractivity (Wildman–Crippen MR) is 118 cm³/mol. The van der Waals surface area contributed by atoms with Crippen molar-refractivity contribution in [2.45, 2.75) is 13.8 Å². The quantitative estimate of drug-likeness (QED) is 0.485. The second-order valence-electron chi connectivity index (χ2n) is 7.17. The molecule has 2 aromatic carbocycles. The molecule has 7 nitrogen and oxygen atoms in total. The van der Waals surface area contributed by atoms with Crippen LogP contribution in [0.5, 0.6) is 0 Å². The smallest absolute Gasteiger partial charge is 0.337 e. The lowest BCUT2D eigenvalue weighted by atomic mass is 10.1. The van der Waals surface area contributed by atoms with Gasteiger partial charge >= 0.3 is 5.97 Å². The number of aromatic carboxylic acids is 1. The fourth-order valence-corrected chi connectivity index (χ4v) is 3.18. The zero-order valence-corrected chi connectivity index (χ0v) is 17.4. The summed E-state index contributed by atoms with van der Waals surface area (Å²) >= 11 is 0. The standard InChI is InChI=1S/C23H24N4O3/c1-15-5-6-16(2)27(15)21-13-18(9-12-20(21)23(29)30)22(28)25-24-14-17-7-10-19(11-8-17)26(3)4/h5-14H,1-4H3,(H,25,28)(H,29,30)/b24-14+. The Hall–Kier alpha value is -3.87. The summed E-state index contributed by atoms with van der Waals surface area (Å²) < 4.78 is 1.82. The first-order chi connectivity index (χ1) is 14.3. The number of carboxylic acids is 1. The number of benzene rings is 2. The number of aromatic nitrogens is 1. The number of hydrogen-bond acceptors (Lipinski definition) is 4. The largest absolute Gasteiger partial charge is 0.478 e. The molecule has 3 rings (SSSR count). The first kappa shape index (κ1) is 20.9. The maximum absolute atomic E-state index is 12.6. The van der Waals surface area contributed by atoms with Gasteiger partial charge in [-0.15, -0.1) is 0 Å². The van der Waals surface area contributed by atoms with Crippen molar-refractivity contribution < 1.29 is 14.7 Å². The Balaban J connectivity index is 1.82. The van der Waals surface area contributed by atoms with Crippen molar-refractivity contribution in [1.82, 2.24) is 9.99 Å². The van der Waals surface area contributed by atoms with Crippen LogP contribution in [0.4, 0.5) is 5.69 Å². The van der Waals surface area contributed by atoms with Gasteiger partial charge in [-0.05, 0) is 61.9 Å². The van der Waals surface area contributed by atoms with Gasteiger partial charge in [-0.2, -0.15) is 5.10 Å². The second kappa shape index (κ2) is 8.65. The Bertz CT molecular complexity index is 1090. The van der Waals surface area contributed by atoms with Crippen LogP contribution in [0.15, 0.2) is 59.7 Å². The summed E-state index contributed by atoms with van der Waals surface area (Å²) in [7, 11) is 3.92. The zero-order chi connectivity index (χ0) is 21.8. The van der Waals surface area contributed by atoms with Crippen molar-refractivity contribution in [3.05, 3.63) is 82.7 Å². The summed E-state index contributed by atoms with van der Waals surface area (Å²) in [6.45, 7) is 3.77. The lowest BCUT2D eigenvalue weighted by molar-refractivity contribution is 0.0696. The van der Waals surface area contributed by atoms with Gasteiger partial charge < -0.3 is 14.6 Å². The molecule has 1 aromatic heterocycles. The number of carbonyl (C=O) groups is 2. The summed E-state index contributed by atoms with van der Waals surface area (Å²) in [4.78, 5) is 26.2. The average molecular weight is 404 g/mol. The molecule has 0 atom stereocenters. The van der Waals surface area contributed by atoms with Crippen LogP contribution in [0.3, 0.4) is 0 Å². The van der Waals surface area contributed by atoms with E-state index in [1.54, 1.807) is 12.3 Å². The van der Waals surface area contributed by atoms with E-state index in [1.807, 2.05) is 73.8 Å². The molecule has 0 saturated carbocycles. The molecule has 154 valence electrons. The van der Waals surface area contributed by atoms with Crippen molar-refractivity contribution in [2.75, 3.05) is 19.0 Å². The van der Waals surface area contributed by atoms with E-state index >= 15 is 0 Å². The molecule has 0 saturated heterocycles. The highest BCUT2D eigenvalue weighted by Crippen LogP contribution is 2.22. The molecule has 30 heavy (non-hydrogen) atoms. The van der Waals surface area contributed by atoms with Crippen LogP contribution in [-0.4, -0.2) is 41.9 Å². The van der Waals surface area contributed by atoms with Gasteiger partial charge in [0.1, 0.15) is 0 Å². The van der Waals surface area contributed by atoms with Gasteiger partial charge in [-0.3, -0.25) is 4.79 Å². The Morgan fingerprint density at radius 1 is 1.00 bits per heavy atom. The molecule has 0 bridgehead atoms. The lowest BCUT2D eigenvalue weighted by Crippen LogP contribution is -2.19. The molecule has 3 aromatic rings. The Morgan fingerprint density at radius 2 is 1.63 bits per heavy atom. The third kappa shape index (κ3) is 4.41. The Morgan fingerprint density at radius 3 is 2.20 bits per heavy atom. The first-order valence-corrected chi connectivity index (χ1v) is 9.41. The molecule has 0 spiro atoms. The molecule has 2 N–H and O–H groups in total. The van der Waals surface area contributed by atoms with E-state index in [4.69, 9.17) is 0 Å². The van der Waals surface area contributed by atoms with E-state index in [0.717, 1.165) is 22.6 Å². The van der Waals surface area contributed by atoms with E-state index < -0.39 is 11.9 Å². The maximum Gasteiger partial charge on any atom is 0.337 e. The highest BCUT2D eigenvalue weighted by atomic mass is 16.4. The maximum atomic E-state index is 12.6. The molecular weight excluding hydrogens is 380 g/mol. The highest BCUT2D eigenvalue weighted by Gasteiger charge is 2.17. The molecule has 0 aliphatic carbocycles. The zero-order valence-electron chi connectivity index (χ0n) is 17.4. The highest BCUT2D eigenvalue weighted by molar-refractivity contribution is 5.98. The van der Waals surface area contributed by atoms with E-state index in [9.17, 15) is 14.7 Å². The van der Waals surface area contributed by atoms with E-state index in [0.29, 0.717) is 11.3 Å². The number of hydrogen-bond donors (Lipinski definition) is 2. The van der Waals surface area contributed by atoms with Gasteiger partial charge in [0.25, 0.3) is 5.91 Å². The summed E-state index contributed by atoms with van der Waals surface area (Å²) in [6, 6.07) is 16.0. The molecule has 1 amide bonds. The van der Waals surface area contributed by atoms with E-state index in [1.165, 1.54) is 12.1 Å². The molecule has 0 unspecified atom stereocenters. The number of carboxylic acid groups (broad SMARTS) is 1. The van der Waals surface area contributed by atoms with Crippen LogP contribution < -0.4 is 10.3 Å². The van der Waals surface area contributed by atoms with Crippen molar-refractivity contribution >= 4 is 23.8 Å². The van der Waals surface area contributed by atoms with Gasteiger partial charge in [0.15, 0.2) is 0 Å². The predicted octanol–water partition coefficient (Wildman–Crippen LogP) is 3.62. The summed E-state index contributed by atoms with van der Waals surface area (Å²) in [6.07, 6.45) is 1.56. The Labute approximate surface area is 175 Å². The van der Waals surface area contributed by atoms with Gasteiger partial charge in [-0.25, -0.2) is 10.2 Å². The van der Waals surface area contributed by atoms with E-state index in [-0.39, 0.29) is 5.56 Å². The monoisotopic (exact) mass is 404 g/mol. The third-order valence-corrected chi connectivity index (χ3v) is 4.79. The molecule has 0 radical (unpaired) electrons. The molecule has 0 fully saturated rings. The van der Waals surface area contributed by atoms with Crippen LogP contribution in [0.25, 0.3) is 5.69 Å². The molecule has 1 heterocycles. The molecular formula is C23H24N4O3. The van der Waals surface area contributed by atoms with Crippen molar-refractivity contribution in [3.8, 4) is 5.69 Å². The number of nitrogens with one attached hydrogen (secondary N) is 1. The van der Waals surface area contributed by atoms with Crippen LogP contribution in [-0.2, 0) is 0 Å². The van der Waals surface area contributed by atoms with Gasteiger partial charge in [-0.1, -0.05) is 12.1 Å². The number of rotatable bonds is 6. The Kier molecular flexibility index (Phi) is 6.01. The minimum absolute atomic E-state index is 0.124. The summed E-state index contributed by atoms with van der Waals surface area (Å²) in [5.41, 5.74) is 7.07. The molecule has 0 aliphatic heterocycles. The number of aryl methyl sites for hydroxylation is 2. The van der Waals surface area contributed by atoms with E-state index in [2.05, 4.69) is 10.5 Å². The van der Waals surface area contributed by atoms with Gasteiger partial charge in [0.2, 0.25) is 0 Å². The van der Waals surface area contributed by atoms with Crippen LogP contribution in [0.1, 0.15) is 37.7 Å². The number of nitrogens with zero attached hydrogens (tertiary/aromatic N) is 3. The fraction of sp³-hybridized carbons (Fsp3) is 0.174. The molecule has 7 heteroatoms. The van der Waals surface area contributed by atoms with Crippen LogP contribution >= 0.6 is 0 Å². The number of carbonyl (C=O) groups excluding carboxylic acids is 1. The molecule has 0 aliphatic rings. The normalized spacial score (nSPS) is 10.9. The number of anilines is 1. The minimum Gasteiger partial charge on any atom is -0.478 e. The van der Waals surface area contributed by atoms with Crippen molar-refractivity contribution in [2.24, 2.45) is 5.10 Å². The summed E-state index contributed by atoms with van der Waals surface area (Å²) in [5.74, 6) is -1.47. The van der Waals surface area contributed by atoms with Gasteiger partial charge in [0, 0.05) is 36.7 Å². The van der Waals surface area contributed by atoms with Gasteiger partial charge in [0.05, 0.1) is 17.5 Å². The lowest BCUT2D eigenvalue weighted by Gasteiger charge is -2.14. The fourth-order valence-electron chi connectivity index (χ4n) is 3.18. The van der Waals surface area contributed by atoms with Crippen LogP contribution in [0.2, 0.25) is 0 Å². The topological polar surface area (TPSA) is 86.9 Å². The second-order valence-corrected chi connectivity index (χ2v) is 7.17. The number of hydrazone groups is 1. The van der Waals surface area contributed by atoms with Crippen LogP contribution in [0, 0.1) is 13.8 Å². The SMILES string of the molecule is Cc1ccc(C)n1-c1cc(C(=O)N/N=C/c2ccc(N(C)C)cc2)ccc1C(=O)O. The third-order valence-electron chi connectivity index (χ3n) is 4.79.